The maximum Gasteiger partial charge on any atom is 0.0546 e. The molecule has 14 aromatic carbocycles. The van der Waals surface area contributed by atoms with E-state index in [0.29, 0.717) is 0 Å². The van der Waals surface area contributed by atoms with Gasteiger partial charge in [-0.2, -0.15) is 0 Å². The normalized spacial score (nSPS) is 14.4. The van der Waals surface area contributed by atoms with Gasteiger partial charge in [0.05, 0.1) is 11.4 Å². The van der Waals surface area contributed by atoms with Crippen LogP contribution in [0.3, 0.4) is 0 Å². The van der Waals surface area contributed by atoms with Crippen LogP contribution in [0.4, 0.5) is 34.1 Å². The fraction of sp³-hybridized carbons (Fsp3) is 0.121. The number of aryl methyl sites for hydroxylation is 2. The molecule has 0 amide bonds. The summed E-state index contributed by atoms with van der Waals surface area (Å²) in [5.41, 5.74) is 29.7. The average Bonchev–Trinajstić information content (AvgIpc) is 1.67. The largest absolute Gasteiger partial charge is 0.310 e. The second-order valence-electron chi connectivity index (χ2n) is 27.9. The van der Waals surface area contributed by atoms with Gasteiger partial charge in [0.15, 0.2) is 0 Å². The Morgan fingerprint density at radius 2 is 0.516 bits per heavy atom. The lowest BCUT2D eigenvalue weighted by molar-refractivity contribution is 0.660. The van der Waals surface area contributed by atoms with Gasteiger partial charge < -0.3 is 9.80 Å². The number of anilines is 6. The molecule has 0 heterocycles. The molecule has 0 spiro atoms. The summed E-state index contributed by atoms with van der Waals surface area (Å²) in [4.78, 5) is 4.95. The second-order valence-corrected chi connectivity index (χ2v) is 27.9. The standard InChI is InChI=1S/C91H72N2/c1-57-19-17-23-65(47-57)92(87-53-63-21-9-11-25-69(63)71-27-13-15-29-79(71)87)67-39-45-77-75-43-37-61(51-83(75)90(5,6)85(77)55-67)33-31-59-35-41-73-74-42-36-60(50-82(74)89(3,4)81(73)49-59)32-34-62-38-44-76-78-46-40-68(56-86(78)91(7,8)84(76)52-62)93(66-24-18-20-58(2)48-66)88-54-64-22-10-12-26-70(64)72-28-14-16-30-80(72)88/h9-56H,1-8H3. The molecule has 446 valence electrons. The van der Waals surface area contributed by atoms with Crippen LogP contribution >= 0.6 is 0 Å². The summed E-state index contributed by atoms with van der Waals surface area (Å²) in [5, 5.41) is 10.0. The third-order valence-electron chi connectivity index (χ3n) is 21.0. The van der Waals surface area contributed by atoms with Gasteiger partial charge >= 0.3 is 0 Å². The fourth-order valence-corrected chi connectivity index (χ4v) is 16.2. The molecule has 14 aromatic rings. The molecule has 2 nitrogen and oxygen atoms in total. The molecule has 0 unspecified atom stereocenters. The van der Waals surface area contributed by atoms with Crippen LogP contribution in [0.15, 0.2) is 267 Å². The second kappa shape index (κ2) is 21.1. The van der Waals surface area contributed by atoms with Crippen LogP contribution < -0.4 is 9.80 Å². The van der Waals surface area contributed by atoms with Crippen molar-refractivity contribution in [3.05, 3.63) is 334 Å². The monoisotopic (exact) mass is 1190 g/mol. The molecule has 93 heavy (non-hydrogen) atoms. The number of benzene rings is 14. The minimum Gasteiger partial charge on any atom is -0.310 e. The molecule has 0 N–H and O–H groups in total. The lowest BCUT2D eigenvalue weighted by Gasteiger charge is -2.29. The zero-order valence-electron chi connectivity index (χ0n) is 54.1. The van der Waals surface area contributed by atoms with Crippen LogP contribution in [-0.2, 0) is 16.2 Å². The first kappa shape index (κ1) is 56.2. The first-order chi connectivity index (χ1) is 45.1. The summed E-state index contributed by atoms with van der Waals surface area (Å²) in [5.74, 6) is 0. The van der Waals surface area contributed by atoms with Crippen LogP contribution in [0, 0.1) is 13.8 Å². The highest BCUT2D eigenvalue weighted by Gasteiger charge is 2.39. The Bertz CT molecular complexity index is 5190. The van der Waals surface area contributed by atoms with Gasteiger partial charge in [-0.1, -0.05) is 272 Å². The van der Waals surface area contributed by atoms with Crippen LogP contribution in [0.2, 0.25) is 0 Å². The summed E-state index contributed by atoms with van der Waals surface area (Å²) >= 11 is 0. The summed E-state index contributed by atoms with van der Waals surface area (Å²) in [6.07, 6.45) is 9.22. The quantitative estimate of drug-likeness (QED) is 0.0995. The van der Waals surface area contributed by atoms with Gasteiger partial charge in [0, 0.05) is 49.8 Å². The zero-order chi connectivity index (χ0) is 63.1. The Morgan fingerprint density at radius 3 is 0.849 bits per heavy atom. The number of hydrogen-bond donors (Lipinski definition) is 0. The van der Waals surface area contributed by atoms with Gasteiger partial charge in [-0.25, -0.2) is 0 Å². The topological polar surface area (TPSA) is 6.48 Å². The maximum absolute atomic E-state index is 2.47. The Kier molecular flexibility index (Phi) is 12.8. The highest BCUT2D eigenvalue weighted by Crippen LogP contribution is 2.55. The molecule has 3 aliphatic carbocycles. The SMILES string of the molecule is Cc1cccc(N(c2ccc3c(c2)C(C)(C)c2cc(C=Cc4ccc5c(c4)C(C)(C)c4cc(C=Cc6ccc7c(c6)C(C)(C)c6cc(N(c8cccc(C)c8)c8cc9ccccc9c9ccccc89)ccc6-7)ccc4-5)ccc2-3)c2cc3ccccc3c3ccccc23)c1. The van der Waals surface area contributed by atoms with E-state index in [0.717, 1.165) is 22.7 Å². The van der Waals surface area contributed by atoms with E-state index >= 15 is 0 Å². The molecule has 2 heteroatoms. The Morgan fingerprint density at radius 1 is 0.237 bits per heavy atom. The molecular weight excluding hydrogens is 1120 g/mol. The molecule has 0 atom stereocenters. The van der Waals surface area contributed by atoms with Crippen molar-refractivity contribution in [3.63, 3.8) is 0 Å². The van der Waals surface area contributed by atoms with Crippen molar-refractivity contribution >= 4 is 102 Å². The van der Waals surface area contributed by atoms with Crippen molar-refractivity contribution < 1.29 is 0 Å². The van der Waals surface area contributed by atoms with Crippen molar-refractivity contribution in [2.75, 3.05) is 9.80 Å². The Hall–Kier alpha value is -10.8. The van der Waals surface area contributed by atoms with Gasteiger partial charge in [-0.05, 0) is 207 Å². The summed E-state index contributed by atoms with van der Waals surface area (Å²) < 4.78 is 0. The van der Waals surface area contributed by atoms with E-state index < -0.39 is 0 Å². The van der Waals surface area contributed by atoms with E-state index in [4.69, 9.17) is 0 Å². The number of rotatable bonds is 10. The number of nitrogens with zero attached hydrogens (tertiary/aromatic N) is 2. The molecule has 3 aliphatic rings. The third-order valence-corrected chi connectivity index (χ3v) is 21.0. The molecule has 0 bridgehead atoms. The summed E-state index contributed by atoms with van der Waals surface area (Å²) in [6, 6.07) is 100. The van der Waals surface area contributed by atoms with E-state index in [1.807, 2.05) is 0 Å². The van der Waals surface area contributed by atoms with Crippen molar-refractivity contribution in [2.24, 2.45) is 0 Å². The number of hydrogen-bond acceptors (Lipinski definition) is 2. The van der Waals surface area contributed by atoms with E-state index in [-0.39, 0.29) is 16.2 Å². The maximum atomic E-state index is 2.47. The van der Waals surface area contributed by atoms with Gasteiger partial charge in [0.1, 0.15) is 0 Å². The van der Waals surface area contributed by atoms with Gasteiger partial charge in [-0.3, -0.25) is 0 Å². The van der Waals surface area contributed by atoms with E-state index in [2.05, 4.69) is 356 Å². The molecular formula is C91H72N2. The smallest absolute Gasteiger partial charge is 0.0546 e. The predicted molar refractivity (Wildman–Crippen MR) is 399 cm³/mol. The van der Waals surface area contributed by atoms with Gasteiger partial charge in [0.2, 0.25) is 0 Å². The average molecular weight is 1190 g/mol. The predicted octanol–water partition coefficient (Wildman–Crippen LogP) is 25.1. The molecule has 0 radical (unpaired) electrons. The first-order valence-corrected chi connectivity index (χ1v) is 32.9. The minimum atomic E-state index is -0.218. The number of fused-ring (bicyclic) bond motifs is 15. The highest BCUT2D eigenvalue weighted by molar-refractivity contribution is 6.16. The van der Waals surface area contributed by atoms with Crippen molar-refractivity contribution in [3.8, 4) is 33.4 Å². The highest BCUT2D eigenvalue weighted by atomic mass is 15.1. The third kappa shape index (κ3) is 9.05. The van der Waals surface area contributed by atoms with Crippen LogP contribution in [0.25, 0.3) is 101 Å². The van der Waals surface area contributed by atoms with Crippen LogP contribution in [0.5, 0.6) is 0 Å². The lowest BCUT2D eigenvalue weighted by Crippen LogP contribution is -2.17. The van der Waals surface area contributed by atoms with E-state index in [1.54, 1.807) is 0 Å². The first-order valence-electron chi connectivity index (χ1n) is 32.9. The van der Waals surface area contributed by atoms with E-state index in [1.165, 1.54) is 155 Å². The van der Waals surface area contributed by atoms with E-state index in [9.17, 15) is 0 Å². The van der Waals surface area contributed by atoms with Crippen molar-refractivity contribution in [1.82, 2.24) is 0 Å². The summed E-state index contributed by atoms with van der Waals surface area (Å²) in [6.45, 7) is 18.8. The lowest BCUT2D eigenvalue weighted by atomic mass is 9.81. The minimum absolute atomic E-state index is 0.171. The fourth-order valence-electron chi connectivity index (χ4n) is 16.2. The Balaban J connectivity index is 0.627. The molecule has 0 aliphatic heterocycles. The van der Waals surface area contributed by atoms with Crippen molar-refractivity contribution in [2.45, 2.75) is 71.6 Å². The van der Waals surface area contributed by atoms with Crippen LogP contribution in [0.1, 0.15) is 108 Å². The zero-order valence-corrected chi connectivity index (χ0v) is 54.1. The molecule has 0 fully saturated rings. The van der Waals surface area contributed by atoms with Gasteiger partial charge in [-0.15, -0.1) is 0 Å². The molecule has 0 saturated carbocycles. The molecule has 17 rings (SSSR count). The molecule has 0 aromatic heterocycles. The molecule has 0 saturated heterocycles. The summed E-state index contributed by atoms with van der Waals surface area (Å²) in [7, 11) is 0. The van der Waals surface area contributed by atoms with Crippen LogP contribution in [-0.4, -0.2) is 0 Å². The Labute approximate surface area is 546 Å². The van der Waals surface area contributed by atoms with Gasteiger partial charge in [0.25, 0.3) is 0 Å². The van der Waals surface area contributed by atoms with Crippen molar-refractivity contribution in [1.29, 1.82) is 0 Å².